The van der Waals surface area contributed by atoms with Gasteiger partial charge in [-0.25, -0.2) is 0 Å². The van der Waals surface area contributed by atoms with Crippen LogP contribution in [-0.2, 0) is 28.6 Å². The molecule has 74 heavy (non-hydrogen) atoms. The number of hydrogen-bond donors (Lipinski definition) is 0. The third kappa shape index (κ3) is 61.3. The zero-order valence-electron chi connectivity index (χ0n) is 51.1. The van der Waals surface area contributed by atoms with Crippen LogP contribution in [0.15, 0.2) is 0 Å². The monoisotopic (exact) mass is 1050 g/mol. The third-order valence-electron chi connectivity index (χ3n) is 15.6. The van der Waals surface area contributed by atoms with E-state index in [1.807, 2.05) is 0 Å². The molecule has 0 heterocycles. The Morgan fingerprint density at radius 3 is 0.581 bits per heavy atom. The van der Waals surface area contributed by atoms with Crippen molar-refractivity contribution < 1.29 is 28.6 Å². The fourth-order valence-electron chi connectivity index (χ4n) is 10.6. The van der Waals surface area contributed by atoms with Crippen LogP contribution in [0.5, 0.6) is 0 Å². The van der Waals surface area contributed by atoms with Gasteiger partial charge < -0.3 is 14.2 Å². The number of rotatable bonds is 61. The van der Waals surface area contributed by atoms with Crippen molar-refractivity contribution in [1.82, 2.24) is 0 Å². The van der Waals surface area contributed by atoms with Gasteiger partial charge in [-0.3, -0.25) is 14.4 Å². The van der Waals surface area contributed by atoms with Crippen LogP contribution in [0.4, 0.5) is 0 Å². The summed E-state index contributed by atoms with van der Waals surface area (Å²) in [6, 6.07) is 0. The Kier molecular flexibility index (Phi) is 57.8. The summed E-state index contributed by atoms with van der Waals surface area (Å²) in [7, 11) is 0. The molecule has 6 nitrogen and oxygen atoms in total. The molecule has 1 atom stereocenters. The molecule has 6 heteroatoms. The highest BCUT2D eigenvalue weighted by molar-refractivity contribution is 5.71. The maximum Gasteiger partial charge on any atom is 0.306 e. The molecule has 0 saturated heterocycles. The number of ether oxygens (including phenoxy) is 3. The topological polar surface area (TPSA) is 78.9 Å². The van der Waals surface area contributed by atoms with Crippen molar-refractivity contribution in [2.24, 2.45) is 17.8 Å². The summed E-state index contributed by atoms with van der Waals surface area (Å²) in [5.74, 6) is 1.71. The maximum absolute atomic E-state index is 12.9. The van der Waals surface area contributed by atoms with E-state index in [4.69, 9.17) is 14.2 Å². The van der Waals surface area contributed by atoms with E-state index >= 15 is 0 Å². The highest BCUT2D eigenvalue weighted by Gasteiger charge is 2.20. The fraction of sp³-hybridized carbons (Fsp3) is 0.956. The summed E-state index contributed by atoms with van der Waals surface area (Å²) in [6.45, 7) is 13.8. The van der Waals surface area contributed by atoms with Crippen molar-refractivity contribution in [2.75, 3.05) is 13.2 Å². The first-order chi connectivity index (χ1) is 36.1. The molecule has 0 amide bonds. The normalized spacial score (nSPS) is 12.1. The molecule has 0 aromatic rings. The molecule has 0 unspecified atom stereocenters. The summed E-state index contributed by atoms with van der Waals surface area (Å²) < 4.78 is 17.0. The fourth-order valence-corrected chi connectivity index (χ4v) is 10.6. The van der Waals surface area contributed by atoms with Gasteiger partial charge in [0.25, 0.3) is 0 Å². The van der Waals surface area contributed by atoms with Crippen molar-refractivity contribution in [1.29, 1.82) is 0 Å². The van der Waals surface area contributed by atoms with Crippen molar-refractivity contribution in [3.63, 3.8) is 0 Å². The van der Waals surface area contributed by atoms with Crippen molar-refractivity contribution in [2.45, 2.75) is 388 Å². The van der Waals surface area contributed by atoms with Gasteiger partial charge in [0.05, 0.1) is 0 Å². The van der Waals surface area contributed by atoms with Gasteiger partial charge in [-0.05, 0) is 37.0 Å². The first-order valence-corrected chi connectivity index (χ1v) is 33.6. The predicted octanol–water partition coefficient (Wildman–Crippen LogP) is 22.6. The molecule has 0 N–H and O–H groups in total. The Morgan fingerprint density at radius 2 is 0.392 bits per heavy atom. The summed E-state index contributed by atoms with van der Waals surface area (Å²) >= 11 is 0. The second kappa shape index (κ2) is 59.1. The molecule has 0 aromatic carbocycles. The molecule has 440 valence electrons. The van der Waals surface area contributed by atoms with Crippen LogP contribution in [-0.4, -0.2) is 37.2 Å². The molecule has 0 radical (unpaired) electrons. The van der Waals surface area contributed by atoms with E-state index < -0.39 is 6.10 Å². The van der Waals surface area contributed by atoms with E-state index in [1.54, 1.807) is 0 Å². The van der Waals surface area contributed by atoms with Crippen LogP contribution in [0.25, 0.3) is 0 Å². The van der Waals surface area contributed by atoms with E-state index in [1.165, 1.54) is 263 Å². The summed E-state index contributed by atoms with van der Waals surface area (Å²) in [5.41, 5.74) is 0. The van der Waals surface area contributed by atoms with Gasteiger partial charge in [-0.1, -0.05) is 343 Å². The number of esters is 3. The number of carbonyl (C=O) groups is 3. The average Bonchev–Trinajstić information content (AvgIpc) is 3.36. The Balaban J connectivity index is 4.25. The zero-order chi connectivity index (χ0) is 54.1. The minimum atomic E-state index is -0.765. The van der Waals surface area contributed by atoms with E-state index in [9.17, 15) is 14.4 Å². The van der Waals surface area contributed by atoms with Crippen molar-refractivity contribution in [3.8, 4) is 0 Å². The van der Waals surface area contributed by atoms with Gasteiger partial charge in [-0.2, -0.15) is 0 Å². The lowest BCUT2D eigenvalue weighted by Crippen LogP contribution is -2.30. The lowest BCUT2D eigenvalue weighted by atomic mass is 10.0. The first-order valence-electron chi connectivity index (χ1n) is 33.6. The quantitative estimate of drug-likeness (QED) is 0.0343. The Labute approximate surface area is 463 Å². The van der Waals surface area contributed by atoms with E-state index in [2.05, 4.69) is 41.5 Å². The summed E-state index contributed by atoms with van der Waals surface area (Å²) in [4.78, 5) is 38.4. The van der Waals surface area contributed by atoms with Gasteiger partial charge in [0.15, 0.2) is 6.10 Å². The number of carbonyl (C=O) groups excluding carboxylic acids is 3. The predicted molar refractivity (Wildman–Crippen MR) is 321 cm³/mol. The molecule has 0 fully saturated rings. The molecular formula is C68H132O6. The summed E-state index contributed by atoms with van der Waals surface area (Å²) in [5, 5.41) is 0. The van der Waals surface area contributed by atoms with Crippen LogP contribution < -0.4 is 0 Å². The van der Waals surface area contributed by atoms with Crippen LogP contribution in [0.2, 0.25) is 0 Å². The first kappa shape index (κ1) is 72.4. The maximum atomic E-state index is 12.9. The average molecular weight is 1050 g/mol. The lowest BCUT2D eigenvalue weighted by Gasteiger charge is -2.18. The minimum Gasteiger partial charge on any atom is -0.462 e. The standard InChI is InChI=1S/C68H132O6/c1-62(2)54-48-42-36-30-24-19-15-11-7-9-13-17-21-27-33-39-45-51-57-66(69)72-60-65(61-73-67(70)58-52-46-40-34-29-23-26-32-38-44-50-56-64(5)6)74-68(71)59-53-47-41-35-28-22-18-14-10-8-12-16-20-25-31-37-43-49-55-63(3)4/h62-65H,7-61H2,1-6H3/t65-/m1/s1. The molecule has 0 aliphatic rings. The molecule has 0 rings (SSSR count). The molecule has 0 spiro atoms. The third-order valence-corrected chi connectivity index (χ3v) is 15.6. The largest absolute Gasteiger partial charge is 0.462 e. The van der Waals surface area contributed by atoms with Gasteiger partial charge in [0.1, 0.15) is 13.2 Å². The lowest BCUT2D eigenvalue weighted by molar-refractivity contribution is -0.167. The highest BCUT2D eigenvalue weighted by Crippen LogP contribution is 2.20. The highest BCUT2D eigenvalue weighted by atomic mass is 16.6. The molecule has 0 aromatic heterocycles. The van der Waals surface area contributed by atoms with Gasteiger partial charge >= 0.3 is 17.9 Å². The molecular weight excluding hydrogens is 913 g/mol. The molecule has 0 aliphatic heterocycles. The smallest absolute Gasteiger partial charge is 0.306 e. The van der Waals surface area contributed by atoms with Gasteiger partial charge in [-0.15, -0.1) is 0 Å². The van der Waals surface area contributed by atoms with Gasteiger partial charge in [0, 0.05) is 19.3 Å². The van der Waals surface area contributed by atoms with Crippen LogP contribution in [0.3, 0.4) is 0 Å². The van der Waals surface area contributed by atoms with Crippen LogP contribution >= 0.6 is 0 Å². The minimum absolute atomic E-state index is 0.0622. The van der Waals surface area contributed by atoms with E-state index in [-0.39, 0.29) is 31.1 Å². The van der Waals surface area contributed by atoms with Crippen LogP contribution in [0, 0.1) is 17.8 Å². The number of unbranched alkanes of at least 4 members (excludes halogenated alkanes) is 44. The second-order valence-electron chi connectivity index (χ2n) is 24.9. The Bertz CT molecular complexity index is 1150. The Hall–Kier alpha value is -1.59. The second-order valence-corrected chi connectivity index (χ2v) is 24.9. The SMILES string of the molecule is CC(C)CCCCCCCCCCCCCCCCCCCCC(=O)OC[C@H](COC(=O)CCCCCCCCCCCCCC(C)C)OC(=O)CCCCCCCCCCCCCCCCCCCCC(C)C. The Morgan fingerprint density at radius 1 is 0.230 bits per heavy atom. The van der Waals surface area contributed by atoms with Crippen molar-refractivity contribution in [3.05, 3.63) is 0 Å². The van der Waals surface area contributed by atoms with Crippen LogP contribution in [0.1, 0.15) is 382 Å². The molecule has 0 bridgehead atoms. The molecule has 0 saturated carbocycles. The van der Waals surface area contributed by atoms with E-state index in [0.29, 0.717) is 19.3 Å². The summed E-state index contributed by atoms with van der Waals surface area (Å²) in [6.07, 6.45) is 65.4. The van der Waals surface area contributed by atoms with Gasteiger partial charge in [0.2, 0.25) is 0 Å². The van der Waals surface area contributed by atoms with Crippen molar-refractivity contribution >= 4 is 17.9 Å². The zero-order valence-corrected chi connectivity index (χ0v) is 51.1. The molecule has 0 aliphatic carbocycles. The van der Waals surface area contributed by atoms with E-state index in [0.717, 1.165) is 75.5 Å². The number of hydrogen-bond acceptors (Lipinski definition) is 6.